The second-order valence-electron chi connectivity index (χ2n) is 5.32. The summed E-state index contributed by atoms with van der Waals surface area (Å²) in [5.74, 6) is 0. The lowest BCUT2D eigenvalue weighted by atomic mass is 10.1. The van der Waals surface area contributed by atoms with Crippen LogP contribution in [0.1, 0.15) is 0 Å². The number of anilines is 2. The summed E-state index contributed by atoms with van der Waals surface area (Å²) in [5, 5.41) is 2.99. The third kappa shape index (κ3) is 3.58. The molecule has 0 bridgehead atoms. The van der Waals surface area contributed by atoms with E-state index in [4.69, 9.17) is 0 Å². The van der Waals surface area contributed by atoms with Gasteiger partial charge in [0.1, 0.15) is 0 Å². The van der Waals surface area contributed by atoms with E-state index in [9.17, 15) is 8.42 Å². The van der Waals surface area contributed by atoms with E-state index in [1.807, 2.05) is 61.6 Å². The number of benzene rings is 3. The van der Waals surface area contributed by atoms with Crippen LogP contribution in [0.4, 0.5) is 11.4 Å². The van der Waals surface area contributed by atoms with Crippen LogP contribution in [-0.4, -0.2) is 15.5 Å². The van der Waals surface area contributed by atoms with Gasteiger partial charge in [-0.1, -0.05) is 42.5 Å². The first-order valence-corrected chi connectivity index (χ1v) is 9.03. The second-order valence-corrected chi connectivity index (χ2v) is 7.01. The number of rotatable bonds is 5. The minimum Gasteiger partial charge on any atom is -0.388 e. The third-order valence-corrected chi connectivity index (χ3v) is 5.09. The lowest BCUT2D eigenvalue weighted by molar-refractivity contribution is 0.601. The Bertz CT molecular complexity index is 904. The predicted molar refractivity (Wildman–Crippen MR) is 98.7 cm³/mol. The molecule has 0 aliphatic carbocycles. The highest BCUT2D eigenvalue weighted by Gasteiger charge is 2.14. The van der Waals surface area contributed by atoms with Crippen molar-refractivity contribution in [1.82, 2.24) is 0 Å². The Morgan fingerprint density at radius 1 is 0.667 bits per heavy atom. The van der Waals surface area contributed by atoms with Gasteiger partial charge in [-0.15, -0.1) is 0 Å². The first-order chi connectivity index (χ1) is 11.6. The molecule has 3 rings (SSSR count). The van der Waals surface area contributed by atoms with Crippen LogP contribution in [0.2, 0.25) is 0 Å². The van der Waals surface area contributed by atoms with Crippen LogP contribution >= 0.6 is 0 Å². The quantitative estimate of drug-likeness (QED) is 0.733. The van der Waals surface area contributed by atoms with E-state index in [2.05, 4.69) is 10.0 Å². The van der Waals surface area contributed by atoms with Crippen LogP contribution in [0.3, 0.4) is 0 Å². The molecule has 0 radical (unpaired) electrons. The van der Waals surface area contributed by atoms with Crippen LogP contribution in [0, 0.1) is 0 Å². The number of sulfonamides is 1. The highest BCUT2D eigenvalue weighted by Crippen LogP contribution is 2.23. The average Bonchev–Trinajstić information content (AvgIpc) is 2.63. The summed E-state index contributed by atoms with van der Waals surface area (Å²) in [6.07, 6.45) is 0. The van der Waals surface area contributed by atoms with Crippen molar-refractivity contribution in [3.05, 3.63) is 78.9 Å². The molecule has 0 unspecified atom stereocenters. The van der Waals surface area contributed by atoms with Gasteiger partial charge in [0.25, 0.3) is 10.0 Å². The summed E-state index contributed by atoms with van der Waals surface area (Å²) in [6.45, 7) is 0. The molecule has 5 heteroatoms. The molecule has 122 valence electrons. The normalized spacial score (nSPS) is 11.0. The number of hydrogen-bond donors (Lipinski definition) is 2. The van der Waals surface area contributed by atoms with E-state index in [-0.39, 0.29) is 4.90 Å². The van der Waals surface area contributed by atoms with Crippen LogP contribution in [0.5, 0.6) is 0 Å². The van der Waals surface area contributed by atoms with E-state index in [0.717, 1.165) is 16.8 Å². The molecule has 0 aliphatic heterocycles. The molecule has 2 N–H and O–H groups in total. The van der Waals surface area contributed by atoms with E-state index in [1.54, 1.807) is 24.3 Å². The summed E-state index contributed by atoms with van der Waals surface area (Å²) >= 11 is 0. The van der Waals surface area contributed by atoms with Gasteiger partial charge in [0, 0.05) is 18.4 Å². The molecule has 0 fully saturated rings. The average molecular weight is 338 g/mol. The van der Waals surface area contributed by atoms with Gasteiger partial charge in [0.05, 0.1) is 4.90 Å². The van der Waals surface area contributed by atoms with Crippen molar-refractivity contribution in [2.45, 2.75) is 4.90 Å². The Hall–Kier alpha value is -2.79. The van der Waals surface area contributed by atoms with E-state index < -0.39 is 10.0 Å². The molecule has 0 aliphatic rings. The second kappa shape index (κ2) is 6.76. The van der Waals surface area contributed by atoms with Crippen LogP contribution in [-0.2, 0) is 10.0 Å². The Morgan fingerprint density at radius 3 is 1.79 bits per heavy atom. The Balaban J connectivity index is 1.81. The van der Waals surface area contributed by atoms with Crippen LogP contribution in [0.15, 0.2) is 83.8 Å². The van der Waals surface area contributed by atoms with Gasteiger partial charge in [-0.2, -0.15) is 0 Å². The zero-order valence-electron chi connectivity index (χ0n) is 13.2. The maximum atomic E-state index is 12.5. The standard InChI is InChI=1S/C19H18N2O2S/c1-20-17-9-11-18(12-10-17)21-24(22,23)19-13-7-16(8-14-19)15-5-3-2-4-6-15/h2-14,20-21H,1H3. The first kappa shape index (κ1) is 16.1. The zero-order chi connectivity index (χ0) is 17.0. The van der Waals surface area contributed by atoms with E-state index in [1.165, 1.54) is 0 Å². The van der Waals surface area contributed by atoms with E-state index >= 15 is 0 Å². The topological polar surface area (TPSA) is 58.2 Å². The van der Waals surface area contributed by atoms with Crippen molar-refractivity contribution < 1.29 is 8.42 Å². The molecular formula is C19H18N2O2S. The van der Waals surface area contributed by atoms with Gasteiger partial charge in [0.2, 0.25) is 0 Å². The first-order valence-electron chi connectivity index (χ1n) is 7.54. The van der Waals surface area contributed by atoms with Crippen LogP contribution in [0.25, 0.3) is 11.1 Å². The highest BCUT2D eigenvalue weighted by molar-refractivity contribution is 7.92. The smallest absolute Gasteiger partial charge is 0.261 e. The minimum atomic E-state index is -3.60. The summed E-state index contributed by atoms with van der Waals surface area (Å²) in [6, 6.07) is 23.8. The predicted octanol–water partition coefficient (Wildman–Crippen LogP) is 4.20. The van der Waals surface area contributed by atoms with Gasteiger partial charge in [-0.3, -0.25) is 4.72 Å². The van der Waals surface area contributed by atoms with E-state index in [0.29, 0.717) is 5.69 Å². The lowest BCUT2D eigenvalue weighted by Crippen LogP contribution is -2.12. The van der Waals surface area contributed by atoms with Crippen molar-refractivity contribution >= 4 is 21.4 Å². The van der Waals surface area contributed by atoms with Crippen molar-refractivity contribution in [1.29, 1.82) is 0 Å². The molecular weight excluding hydrogens is 320 g/mol. The van der Waals surface area contributed by atoms with Gasteiger partial charge < -0.3 is 5.32 Å². The lowest BCUT2D eigenvalue weighted by Gasteiger charge is -2.10. The monoisotopic (exact) mass is 338 g/mol. The molecule has 0 heterocycles. The van der Waals surface area contributed by atoms with Gasteiger partial charge in [-0.05, 0) is 47.5 Å². The number of nitrogens with one attached hydrogen (secondary N) is 2. The summed E-state index contributed by atoms with van der Waals surface area (Å²) in [7, 11) is -1.79. The SMILES string of the molecule is CNc1ccc(NS(=O)(=O)c2ccc(-c3ccccc3)cc2)cc1. The Kier molecular flexibility index (Phi) is 4.53. The highest BCUT2D eigenvalue weighted by atomic mass is 32.2. The molecule has 3 aromatic carbocycles. The molecule has 4 nitrogen and oxygen atoms in total. The molecule has 3 aromatic rings. The third-order valence-electron chi connectivity index (χ3n) is 3.70. The molecule has 0 aromatic heterocycles. The fraction of sp³-hybridized carbons (Fsp3) is 0.0526. The van der Waals surface area contributed by atoms with Crippen molar-refractivity contribution in [3.63, 3.8) is 0 Å². The molecule has 0 saturated carbocycles. The van der Waals surface area contributed by atoms with Gasteiger partial charge in [-0.25, -0.2) is 8.42 Å². The molecule has 0 amide bonds. The summed E-state index contributed by atoms with van der Waals surface area (Å²) < 4.78 is 27.5. The fourth-order valence-corrected chi connectivity index (χ4v) is 3.43. The number of hydrogen-bond acceptors (Lipinski definition) is 3. The zero-order valence-corrected chi connectivity index (χ0v) is 14.0. The Morgan fingerprint density at radius 2 is 1.21 bits per heavy atom. The maximum Gasteiger partial charge on any atom is 0.261 e. The molecule has 24 heavy (non-hydrogen) atoms. The van der Waals surface area contributed by atoms with Crippen LogP contribution < -0.4 is 10.0 Å². The van der Waals surface area contributed by atoms with Crippen molar-refractivity contribution in [3.8, 4) is 11.1 Å². The van der Waals surface area contributed by atoms with Crippen molar-refractivity contribution in [2.24, 2.45) is 0 Å². The molecule has 0 saturated heterocycles. The fourth-order valence-electron chi connectivity index (χ4n) is 2.38. The van der Waals surface area contributed by atoms with Crippen molar-refractivity contribution in [2.75, 3.05) is 17.1 Å². The molecule has 0 spiro atoms. The summed E-state index contributed by atoms with van der Waals surface area (Å²) in [4.78, 5) is 0.236. The molecule has 0 atom stereocenters. The Labute approximate surface area is 142 Å². The van der Waals surface area contributed by atoms with Gasteiger partial charge >= 0.3 is 0 Å². The largest absolute Gasteiger partial charge is 0.388 e. The maximum absolute atomic E-state index is 12.5. The summed E-state index contributed by atoms with van der Waals surface area (Å²) in [5.41, 5.74) is 3.48. The minimum absolute atomic E-state index is 0.236. The van der Waals surface area contributed by atoms with Gasteiger partial charge in [0.15, 0.2) is 0 Å².